The van der Waals surface area contributed by atoms with Gasteiger partial charge >= 0.3 is 11.9 Å². The molecule has 2 unspecified atom stereocenters. The van der Waals surface area contributed by atoms with Gasteiger partial charge in [-0.3, -0.25) is 9.59 Å². The van der Waals surface area contributed by atoms with E-state index in [1.807, 2.05) is 21.1 Å². The predicted molar refractivity (Wildman–Crippen MR) is 408 cm³/mol. The Balaban J connectivity index is 3.96. The largest absolute Gasteiger partial charge is 0.545 e. The molecule has 0 aromatic heterocycles. The lowest BCUT2D eigenvalue weighted by atomic mass is 10.0. The summed E-state index contributed by atoms with van der Waals surface area (Å²) < 4.78 is 22.9. The third kappa shape index (κ3) is 77.7. The minimum Gasteiger partial charge on any atom is -0.545 e. The summed E-state index contributed by atoms with van der Waals surface area (Å²) in [4.78, 5) is 37.6. The number of unbranched alkanes of at least 4 members (excludes halogenated alkanes) is 47. The standard InChI is InChI=1S/C86H155NO8/c1-6-8-10-12-14-16-18-20-22-24-26-28-30-32-34-36-38-39-40-41-42-43-44-45-47-48-50-52-54-56-58-60-62-64-66-68-70-72-74-76-83(88)93-80-82(81-94-86(85(90)91)92-79-78-87(3,4)5)95-84(89)77-75-73-71-69-67-65-63-61-59-57-55-53-51-49-46-37-35-33-31-29-27-25-23-21-19-17-15-13-11-9-7-2/h9,11,15,17-18,20-21,23-24,26-27,29-30,32,82,86H,6-8,10,12-14,16,19,22,25,28,31,33-81H2,1-5H3/b11-9-,17-15-,20-18-,23-21-,26-24-,29-27-,32-30-. The number of hydrogen-bond acceptors (Lipinski definition) is 8. The van der Waals surface area contributed by atoms with Crippen LogP contribution in [0.3, 0.4) is 0 Å². The minimum absolute atomic E-state index is 0.148. The van der Waals surface area contributed by atoms with E-state index in [0.29, 0.717) is 23.9 Å². The number of carboxylic acid groups (broad SMARTS) is 1. The van der Waals surface area contributed by atoms with Gasteiger partial charge in [-0.05, 0) is 89.9 Å². The first-order valence-corrected chi connectivity index (χ1v) is 40.7. The molecular formula is C86H155NO8. The zero-order valence-electron chi connectivity index (χ0n) is 63.3. The summed E-state index contributed by atoms with van der Waals surface area (Å²) in [7, 11) is 5.95. The molecule has 0 aromatic carbocycles. The first-order chi connectivity index (χ1) is 46.6. The van der Waals surface area contributed by atoms with Gasteiger partial charge in [0.05, 0.1) is 40.3 Å². The van der Waals surface area contributed by atoms with Gasteiger partial charge in [0.25, 0.3) is 0 Å². The quantitative estimate of drug-likeness (QED) is 0.0195. The summed E-state index contributed by atoms with van der Waals surface area (Å²) in [5, 5.41) is 11.9. The first kappa shape index (κ1) is 91.5. The number of rotatable bonds is 76. The van der Waals surface area contributed by atoms with E-state index in [4.69, 9.17) is 18.9 Å². The van der Waals surface area contributed by atoms with Gasteiger partial charge in [0.1, 0.15) is 13.2 Å². The zero-order chi connectivity index (χ0) is 69.0. The van der Waals surface area contributed by atoms with Gasteiger partial charge < -0.3 is 33.3 Å². The monoisotopic (exact) mass is 1330 g/mol. The molecule has 0 heterocycles. The van der Waals surface area contributed by atoms with Crippen molar-refractivity contribution in [2.75, 3.05) is 47.5 Å². The van der Waals surface area contributed by atoms with Crippen LogP contribution in [0.2, 0.25) is 0 Å². The van der Waals surface area contributed by atoms with Gasteiger partial charge in [0, 0.05) is 12.8 Å². The van der Waals surface area contributed by atoms with Crippen molar-refractivity contribution < 1.29 is 42.9 Å². The number of carbonyl (C=O) groups is 3. The van der Waals surface area contributed by atoms with E-state index in [0.717, 1.165) is 70.6 Å². The van der Waals surface area contributed by atoms with E-state index in [1.165, 1.54) is 283 Å². The highest BCUT2D eigenvalue weighted by molar-refractivity contribution is 5.70. The smallest absolute Gasteiger partial charge is 0.306 e. The van der Waals surface area contributed by atoms with Crippen molar-refractivity contribution in [2.45, 2.75) is 399 Å². The number of carboxylic acids is 1. The molecule has 0 bridgehead atoms. The maximum absolute atomic E-state index is 13.0. The number of carbonyl (C=O) groups excluding carboxylic acids is 3. The minimum atomic E-state index is -1.62. The van der Waals surface area contributed by atoms with E-state index in [-0.39, 0.29) is 32.2 Å². The summed E-state index contributed by atoms with van der Waals surface area (Å²) in [6.07, 6.45) is 101. The lowest BCUT2D eigenvalue weighted by molar-refractivity contribution is -0.870. The number of hydrogen-bond donors (Lipinski definition) is 0. The van der Waals surface area contributed by atoms with Crippen molar-refractivity contribution in [1.82, 2.24) is 0 Å². The number of quaternary nitrogens is 1. The summed E-state index contributed by atoms with van der Waals surface area (Å²) in [5.74, 6) is -2.26. The summed E-state index contributed by atoms with van der Waals surface area (Å²) >= 11 is 0. The highest BCUT2D eigenvalue weighted by Gasteiger charge is 2.22. The number of aliphatic carboxylic acids is 1. The van der Waals surface area contributed by atoms with Gasteiger partial charge in [-0.1, -0.05) is 369 Å². The third-order valence-corrected chi connectivity index (χ3v) is 18.1. The van der Waals surface area contributed by atoms with E-state index in [2.05, 4.69) is 98.9 Å². The van der Waals surface area contributed by atoms with Crippen LogP contribution in [0.15, 0.2) is 85.1 Å². The Bertz CT molecular complexity index is 1840. The van der Waals surface area contributed by atoms with Crippen LogP contribution < -0.4 is 5.11 Å². The Morgan fingerprint density at radius 1 is 0.326 bits per heavy atom. The molecule has 9 heteroatoms. The van der Waals surface area contributed by atoms with Crippen LogP contribution in [0.25, 0.3) is 0 Å². The molecule has 0 saturated carbocycles. The van der Waals surface area contributed by atoms with Crippen LogP contribution in [-0.4, -0.2) is 82.3 Å². The lowest BCUT2D eigenvalue weighted by Gasteiger charge is -2.26. The van der Waals surface area contributed by atoms with E-state index in [9.17, 15) is 19.5 Å². The van der Waals surface area contributed by atoms with Gasteiger partial charge in [-0.25, -0.2) is 0 Å². The molecule has 0 aliphatic rings. The van der Waals surface area contributed by atoms with Gasteiger partial charge in [0.2, 0.25) is 0 Å². The van der Waals surface area contributed by atoms with Crippen molar-refractivity contribution in [3.8, 4) is 0 Å². The molecular weight excluding hydrogens is 1170 g/mol. The van der Waals surface area contributed by atoms with Crippen molar-refractivity contribution in [1.29, 1.82) is 0 Å². The normalized spacial score (nSPS) is 13.1. The topological polar surface area (TPSA) is 111 Å². The zero-order valence-corrected chi connectivity index (χ0v) is 63.3. The number of nitrogens with zero attached hydrogens (tertiary/aromatic N) is 1. The molecule has 2 atom stereocenters. The number of ether oxygens (including phenoxy) is 4. The van der Waals surface area contributed by atoms with Crippen molar-refractivity contribution in [3.63, 3.8) is 0 Å². The van der Waals surface area contributed by atoms with E-state index >= 15 is 0 Å². The summed E-state index contributed by atoms with van der Waals surface area (Å²) in [6.45, 7) is 4.68. The van der Waals surface area contributed by atoms with Crippen molar-refractivity contribution >= 4 is 17.9 Å². The van der Waals surface area contributed by atoms with Crippen LogP contribution >= 0.6 is 0 Å². The number of esters is 2. The van der Waals surface area contributed by atoms with Crippen LogP contribution in [0.4, 0.5) is 0 Å². The average Bonchev–Trinajstić information content (AvgIpc) is 3.24. The van der Waals surface area contributed by atoms with Crippen molar-refractivity contribution in [3.05, 3.63) is 85.1 Å². The fourth-order valence-electron chi connectivity index (χ4n) is 12.0. The molecule has 552 valence electrons. The van der Waals surface area contributed by atoms with Crippen LogP contribution in [0.1, 0.15) is 386 Å². The van der Waals surface area contributed by atoms with Crippen LogP contribution in [-0.2, 0) is 33.3 Å². The molecule has 9 nitrogen and oxygen atoms in total. The fraction of sp³-hybridized carbons (Fsp3) is 0.802. The Morgan fingerprint density at radius 2 is 0.600 bits per heavy atom. The molecule has 95 heavy (non-hydrogen) atoms. The molecule has 0 N–H and O–H groups in total. The molecule has 0 aliphatic carbocycles. The van der Waals surface area contributed by atoms with Gasteiger partial charge in [0.15, 0.2) is 12.4 Å². The highest BCUT2D eigenvalue weighted by Crippen LogP contribution is 2.19. The summed E-state index contributed by atoms with van der Waals surface area (Å²) in [5.41, 5.74) is 0. The molecule has 0 rings (SSSR count). The first-order valence-electron chi connectivity index (χ1n) is 40.7. The van der Waals surface area contributed by atoms with Crippen LogP contribution in [0, 0.1) is 0 Å². The molecule has 0 amide bonds. The highest BCUT2D eigenvalue weighted by atomic mass is 16.7. The van der Waals surface area contributed by atoms with Gasteiger partial charge in [-0.2, -0.15) is 0 Å². The maximum Gasteiger partial charge on any atom is 0.306 e. The molecule has 0 fully saturated rings. The second-order valence-corrected chi connectivity index (χ2v) is 28.7. The Labute approximate surface area is 589 Å². The second-order valence-electron chi connectivity index (χ2n) is 28.7. The van der Waals surface area contributed by atoms with Gasteiger partial charge in [-0.15, -0.1) is 0 Å². The molecule has 0 saturated heterocycles. The molecule has 0 aromatic rings. The fourth-order valence-corrected chi connectivity index (χ4v) is 12.0. The predicted octanol–water partition coefficient (Wildman–Crippen LogP) is 24.8. The van der Waals surface area contributed by atoms with E-state index in [1.54, 1.807) is 0 Å². The third-order valence-electron chi connectivity index (χ3n) is 18.1. The average molecular weight is 1330 g/mol. The maximum atomic E-state index is 13.0. The van der Waals surface area contributed by atoms with E-state index < -0.39 is 24.3 Å². The Kier molecular flexibility index (Phi) is 73.4. The molecule has 0 radical (unpaired) electrons. The van der Waals surface area contributed by atoms with Crippen molar-refractivity contribution in [2.24, 2.45) is 0 Å². The lowest BCUT2D eigenvalue weighted by Crippen LogP contribution is -2.44. The van der Waals surface area contributed by atoms with Crippen LogP contribution in [0.5, 0.6) is 0 Å². The SMILES string of the molecule is CC/C=C\C/C=C\C/C=C\C/C=C\CCCCCCCCCCCCCCCCCCCCC(=O)OC(COC(=O)CCCCCCCCCCCCCCCCCCCCCCCCCC/C=C\C/C=C\C/C=C\CCCCCCC)COC(OCC[N+](C)(C)C)C(=O)[O-]. The second kappa shape index (κ2) is 76.2. The Hall–Kier alpha value is -3.53. The summed E-state index contributed by atoms with van der Waals surface area (Å²) in [6, 6.07) is 0. The Morgan fingerprint density at radius 3 is 0.895 bits per heavy atom. The molecule has 0 aliphatic heterocycles. The number of allylic oxidation sites excluding steroid dienone is 14. The molecule has 0 spiro atoms. The number of likely N-dealkylation sites (N-methyl/N-ethyl adjacent to an activating group) is 1.